The number of pyridine rings is 1. The summed E-state index contributed by atoms with van der Waals surface area (Å²) in [5, 5.41) is 1.46. The second kappa shape index (κ2) is 5.29. The fourth-order valence-corrected chi connectivity index (χ4v) is 2.58. The first kappa shape index (κ1) is 12.7. The van der Waals surface area contributed by atoms with Crippen LogP contribution in [-0.4, -0.2) is 9.97 Å². The van der Waals surface area contributed by atoms with Crippen LogP contribution in [0.25, 0.3) is 0 Å². The smallest absolute Gasteiger partial charge is 0.256 e. The summed E-state index contributed by atoms with van der Waals surface area (Å²) in [7, 11) is 0. The topological polar surface area (TPSA) is 38.9 Å². The normalized spacial score (nSPS) is 10.8. The van der Waals surface area contributed by atoms with Crippen molar-refractivity contribution in [2.24, 2.45) is 0 Å². The van der Waals surface area contributed by atoms with Crippen LogP contribution in [0.2, 0.25) is 10.3 Å². The number of halogens is 2. The van der Waals surface area contributed by atoms with Gasteiger partial charge in [-0.15, -0.1) is 0 Å². The van der Waals surface area contributed by atoms with Crippen LogP contribution in [0.1, 0.15) is 17.0 Å². The molecule has 0 spiro atoms. The molecule has 0 radical (unpaired) electrons. The summed E-state index contributed by atoms with van der Waals surface area (Å²) in [5.41, 5.74) is 1.82. The van der Waals surface area contributed by atoms with Crippen LogP contribution in [0.3, 0.4) is 0 Å². The Balaban J connectivity index is 2.07. The minimum absolute atomic E-state index is 0.395. The third-order valence-corrected chi connectivity index (χ3v) is 3.67. The molecule has 3 nitrogen and oxygen atoms in total. The van der Waals surface area contributed by atoms with Gasteiger partial charge in [-0.05, 0) is 19.9 Å². The molecule has 2 aromatic rings. The van der Waals surface area contributed by atoms with E-state index in [0.717, 1.165) is 17.0 Å². The number of nitrogens with zero attached hydrogens (tertiary/aromatic N) is 2. The summed E-state index contributed by atoms with van der Waals surface area (Å²) in [4.78, 5) is 8.25. The molecule has 0 aromatic carbocycles. The predicted molar refractivity (Wildman–Crippen MR) is 69.8 cm³/mol. The lowest BCUT2D eigenvalue weighted by molar-refractivity contribution is 0.431. The van der Waals surface area contributed by atoms with Crippen molar-refractivity contribution < 1.29 is 4.42 Å². The Morgan fingerprint density at radius 1 is 1.24 bits per heavy atom. The maximum absolute atomic E-state index is 5.97. The van der Waals surface area contributed by atoms with Gasteiger partial charge in [0, 0.05) is 11.3 Å². The minimum Gasteiger partial charge on any atom is -0.437 e. The predicted octanol–water partition coefficient (Wildman–Crippen LogP) is 4.29. The molecule has 0 aliphatic carbocycles. The molecule has 2 aromatic heterocycles. The fraction of sp³-hybridized carbons (Fsp3) is 0.273. The fourth-order valence-electron chi connectivity index (χ4n) is 1.19. The number of thioether (sulfide) groups is 1. The van der Waals surface area contributed by atoms with E-state index in [1.54, 1.807) is 6.07 Å². The highest BCUT2D eigenvalue weighted by Crippen LogP contribution is 2.27. The Morgan fingerprint density at radius 3 is 2.59 bits per heavy atom. The van der Waals surface area contributed by atoms with E-state index in [0.29, 0.717) is 21.3 Å². The summed E-state index contributed by atoms with van der Waals surface area (Å²) in [6.45, 7) is 3.81. The number of oxazole rings is 1. The summed E-state index contributed by atoms with van der Waals surface area (Å²) in [5.74, 6) is 1.50. The molecule has 0 atom stereocenters. The van der Waals surface area contributed by atoms with E-state index in [-0.39, 0.29) is 0 Å². The van der Waals surface area contributed by atoms with Crippen LogP contribution in [0, 0.1) is 13.8 Å². The Morgan fingerprint density at radius 2 is 2.00 bits per heavy atom. The van der Waals surface area contributed by atoms with E-state index in [9.17, 15) is 0 Å². The van der Waals surface area contributed by atoms with E-state index in [1.165, 1.54) is 11.8 Å². The van der Waals surface area contributed by atoms with Gasteiger partial charge in [-0.1, -0.05) is 41.0 Å². The molecule has 0 bridgehead atoms. The molecule has 0 fully saturated rings. The lowest BCUT2D eigenvalue weighted by atomic mass is 10.3. The Labute approximate surface area is 114 Å². The van der Waals surface area contributed by atoms with Crippen molar-refractivity contribution in [3.8, 4) is 0 Å². The van der Waals surface area contributed by atoms with Gasteiger partial charge >= 0.3 is 0 Å². The lowest BCUT2D eigenvalue weighted by Gasteiger charge is -2.01. The van der Waals surface area contributed by atoms with Crippen LogP contribution in [0.5, 0.6) is 0 Å². The molecule has 0 N–H and O–H groups in total. The van der Waals surface area contributed by atoms with Crippen LogP contribution >= 0.6 is 35.0 Å². The second-order valence-electron chi connectivity index (χ2n) is 3.49. The zero-order valence-electron chi connectivity index (χ0n) is 9.33. The maximum Gasteiger partial charge on any atom is 0.256 e. The summed E-state index contributed by atoms with van der Waals surface area (Å²) in [6.07, 6.45) is 0. The first-order chi connectivity index (χ1) is 8.06. The molecule has 0 amide bonds. The average molecular weight is 289 g/mol. The highest BCUT2D eigenvalue weighted by molar-refractivity contribution is 7.98. The van der Waals surface area contributed by atoms with Crippen LogP contribution in [0.15, 0.2) is 21.8 Å². The molecule has 6 heteroatoms. The van der Waals surface area contributed by atoms with Gasteiger partial charge in [0.25, 0.3) is 5.22 Å². The Bertz CT molecular complexity index is 523. The maximum atomic E-state index is 5.97. The van der Waals surface area contributed by atoms with Gasteiger partial charge in [0.05, 0.1) is 5.69 Å². The molecule has 0 saturated carbocycles. The monoisotopic (exact) mass is 288 g/mol. The number of rotatable bonds is 3. The molecular weight excluding hydrogens is 279 g/mol. The Hall–Kier alpha value is -0.710. The van der Waals surface area contributed by atoms with Gasteiger partial charge in [-0.3, -0.25) is 0 Å². The number of hydrogen-bond donors (Lipinski definition) is 0. The molecular formula is C11H10Cl2N2OS. The minimum atomic E-state index is 0.395. The summed E-state index contributed by atoms with van der Waals surface area (Å²) in [6, 6.07) is 3.57. The molecule has 0 aliphatic rings. The van der Waals surface area contributed by atoms with E-state index >= 15 is 0 Å². The van der Waals surface area contributed by atoms with E-state index in [1.807, 2.05) is 19.9 Å². The van der Waals surface area contributed by atoms with Gasteiger partial charge in [-0.25, -0.2) is 9.97 Å². The van der Waals surface area contributed by atoms with Gasteiger partial charge in [0.15, 0.2) is 0 Å². The van der Waals surface area contributed by atoms with Crippen molar-refractivity contribution in [3.63, 3.8) is 0 Å². The van der Waals surface area contributed by atoms with E-state index < -0.39 is 0 Å². The number of hydrogen-bond acceptors (Lipinski definition) is 4. The van der Waals surface area contributed by atoms with Crippen LogP contribution in [-0.2, 0) is 5.75 Å². The highest BCUT2D eigenvalue weighted by Gasteiger charge is 2.08. The van der Waals surface area contributed by atoms with Crippen molar-refractivity contribution in [1.29, 1.82) is 0 Å². The van der Waals surface area contributed by atoms with Crippen molar-refractivity contribution in [2.75, 3.05) is 0 Å². The molecule has 2 rings (SSSR count). The average Bonchev–Trinajstić information content (AvgIpc) is 2.57. The van der Waals surface area contributed by atoms with Crippen LogP contribution < -0.4 is 0 Å². The quantitative estimate of drug-likeness (QED) is 0.624. The highest BCUT2D eigenvalue weighted by atomic mass is 35.5. The van der Waals surface area contributed by atoms with Crippen LogP contribution in [0.4, 0.5) is 0 Å². The SMILES string of the molecule is Cc1nc(SCc2ccc(Cl)nc2Cl)oc1C. The Kier molecular flexibility index (Phi) is 3.97. The summed E-state index contributed by atoms with van der Waals surface area (Å²) < 4.78 is 5.46. The lowest BCUT2D eigenvalue weighted by Crippen LogP contribution is -1.86. The molecule has 2 heterocycles. The largest absolute Gasteiger partial charge is 0.437 e. The zero-order chi connectivity index (χ0) is 12.4. The molecule has 90 valence electrons. The molecule has 17 heavy (non-hydrogen) atoms. The van der Waals surface area contributed by atoms with Gasteiger partial charge < -0.3 is 4.42 Å². The standard InChI is InChI=1S/C11H10Cl2N2OS/c1-6-7(2)16-11(14-6)17-5-8-3-4-9(12)15-10(8)13/h3-4H,5H2,1-2H3. The first-order valence-electron chi connectivity index (χ1n) is 4.94. The molecule has 0 saturated heterocycles. The van der Waals surface area contributed by atoms with E-state index in [4.69, 9.17) is 27.6 Å². The van der Waals surface area contributed by atoms with Gasteiger partial charge in [0.2, 0.25) is 0 Å². The van der Waals surface area contributed by atoms with Crippen molar-refractivity contribution in [3.05, 3.63) is 39.5 Å². The van der Waals surface area contributed by atoms with Gasteiger partial charge in [0.1, 0.15) is 16.1 Å². The van der Waals surface area contributed by atoms with Gasteiger partial charge in [-0.2, -0.15) is 0 Å². The van der Waals surface area contributed by atoms with E-state index in [2.05, 4.69) is 9.97 Å². The third-order valence-electron chi connectivity index (χ3n) is 2.25. The summed E-state index contributed by atoms with van der Waals surface area (Å²) >= 11 is 13.2. The van der Waals surface area contributed by atoms with Crippen molar-refractivity contribution >= 4 is 35.0 Å². The molecule has 0 aliphatic heterocycles. The second-order valence-corrected chi connectivity index (χ2v) is 5.17. The van der Waals surface area contributed by atoms with Crippen molar-refractivity contribution in [2.45, 2.75) is 24.8 Å². The zero-order valence-corrected chi connectivity index (χ0v) is 11.7. The third kappa shape index (κ3) is 3.15. The number of aryl methyl sites for hydroxylation is 2. The molecule has 0 unspecified atom stereocenters. The van der Waals surface area contributed by atoms with Crippen molar-refractivity contribution in [1.82, 2.24) is 9.97 Å². The first-order valence-corrected chi connectivity index (χ1v) is 6.68. The number of aromatic nitrogens is 2.